The van der Waals surface area contributed by atoms with Crippen molar-refractivity contribution in [2.24, 2.45) is 5.73 Å². The normalized spacial score (nSPS) is 17.4. The first-order chi connectivity index (χ1) is 9.52. The van der Waals surface area contributed by atoms with E-state index in [1.54, 1.807) is 0 Å². The average molecular weight is 290 g/mol. The largest absolute Gasteiger partial charge is 0.391 e. The van der Waals surface area contributed by atoms with E-state index < -0.39 is 5.54 Å². The second-order valence-electron chi connectivity index (χ2n) is 5.72. The van der Waals surface area contributed by atoms with E-state index in [9.17, 15) is 4.79 Å². The molecule has 0 atom stereocenters. The van der Waals surface area contributed by atoms with Crippen LogP contribution in [0.1, 0.15) is 43.2 Å². The molecule has 3 nitrogen and oxygen atoms in total. The number of amides is 1. The van der Waals surface area contributed by atoms with Crippen molar-refractivity contribution < 1.29 is 4.79 Å². The van der Waals surface area contributed by atoms with Gasteiger partial charge in [-0.15, -0.1) is 0 Å². The van der Waals surface area contributed by atoms with Gasteiger partial charge in [0.2, 0.25) is 5.91 Å². The molecule has 1 aliphatic rings. The van der Waals surface area contributed by atoms with Gasteiger partial charge in [-0.25, -0.2) is 0 Å². The van der Waals surface area contributed by atoms with E-state index in [0.717, 1.165) is 31.2 Å². The molecule has 1 aromatic rings. The first-order valence-electron chi connectivity index (χ1n) is 7.18. The molecule has 1 amide bonds. The Morgan fingerprint density at radius 1 is 1.25 bits per heavy atom. The van der Waals surface area contributed by atoms with E-state index in [1.807, 2.05) is 31.2 Å². The van der Waals surface area contributed by atoms with E-state index in [4.69, 9.17) is 18.0 Å². The molecule has 4 heteroatoms. The number of rotatable bonds is 4. The predicted octanol–water partition coefficient (Wildman–Crippen LogP) is 2.64. The van der Waals surface area contributed by atoms with E-state index in [1.165, 1.54) is 12.0 Å². The van der Waals surface area contributed by atoms with Gasteiger partial charge < -0.3 is 11.1 Å². The van der Waals surface area contributed by atoms with Crippen LogP contribution in [0.5, 0.6) is 0 Å². The minimum atomic E-state index is -0.463. The third kappa shape index (κ3) is 3.57. The number of benzene rings is 1. The standard InChI is InChI=1S/C16H22N2OS/c1-12-5-7-13(8-6-12)11-14(19)18-16(15(17)20)9-3-2-4-10-16/h5-8H,2-4,9-11H2,1H3,(H2,17,20)(H,18,19). The van der Waals surface area contributed by atoms with Crippen molar-refractivity contribution in [3.05, 3.63) is 35.4 Å². The maximum atomic E-state index is 12.2. The predicted molar refractivity (Wildman–Crippen MR) is 85.6 cm³/mol. The lowest BCUT2D eigenvalue weighted by molar-refractivity contribution is -0.121. The third-order valence-electron chi connectivity index (χ3n) is 4.04. The van der Waals surface area contributed by atoms with E-state index >= 15 is 0 Å². The van der Waals surface area contributed by atoms with Gasteiger partial charge in [-0.1, -0.05) is 61.3 Å². The maximum Gasteiger partial charge on any atom is 0.225 e. The number of nitrogens with two attached hydrogens (primary N) is 1. The van der Waals surface area contributed by atoms with Crippen LogP contribution in [0, 0.1) is 6.92 Å². The first-order valence-corrected chi connectivity index (χ1v) is 7.59. The molecule has 0 bridgehead atoms. The summed E-state index contributed by atoms with van der Waals surface area (Å²) < 4.78 is 0. The number of aryl methyl sites for hydroxylation is 1. The molecule has 1 saturated carbocycles. The molecule has 0 unspecified atom stereocenters. The lowest BCUT2D eigenvalue weighted by Crippen LogP contribution is -2.58. The topological polar surface area (TPSA) is 55.1 Å². The Balaban J connectivity index is 2.01. The highest BCUT2D eigenvalue weighted by atomic mass is 32.1. The van der Waals surface area contributed by atoms with Crippen LogP contribution >= 0.6 is 12.2 Å². The molecule has 1 aromatic carbocycles. The van der Waals surface area contributed by atoms with Crippen LogP contribution in [-0.2, 0) is 11.2 Å². The summed E-state index contributed by atoms with van der Waals surface area (Å²) in [6, 6.07) is 8.02. The molecule has 0 aliphatic heterocycles. The van der Waals surface area contributed by atoms with Gasteiger partial charge in [-0.2, -0.15) is 0 Å². The number of hydrogen-bond acceptors (Lipinski definition) is 2. The molecule has 1 fully saturated rings. The highest BCUT2D eigenvalue weighted by molar-refractivity contribution is 7.80. The fourth-order valence-electron chi connectivity index (χ4n) is 2.79. The van der Waals surface area contributed by atoms with Crippen LogP contribution in [0.15, 0.2) is 24.3 Å². The fraction of sp³-hybridized carbons (Fsp3) is 0.500. The molecule has 0 saturated heterocycles. The summed E-state index contributed by atoms with van der Waals surface area (Å²) in [7, 11) is 0. The second kappa shape index (κ2) is 6.35. The van der Waals surface area contributed by atoms with Crippen LogP contribution in [-0.4, -0.2) is 16.4 Å². The third-order valence-corrected chi connectivity index (χ3v) is 4.43. The Bertz CT molecular complexity index is 490. The molecule has 0 aromatic heterocycles. The Labute approximate surface area is 125 Å². The SMILES string of the molecule is Cc1ccc(CC(=O)NC2(C(N)=S)CCCCC2)cc1. The number of carbonyl (C=O) groups excluding carboxylic acids is 1. The number of thiocarbonyl (C=S) groups is 1. The van der Waals surface area contributed by atoms with Gasteiger partial charge in [0.1, 0.15) is 0 Å². The van der Waals surface area contributed by atoms with Crippen molar-refractivity contribution in [2.75, 3.05) is 0 Å². The molecule has 20 heavy (non-hydrogen) atoms. The van der Waals surface area contributed by atoms with Gasteiger partial charge in [0, 0.05) is 0 Å². The minimum absolute atomic E-state index is 0.00329. The monoisotopic (exact) mass is 290 g/mol. The molecule has 0 spiro atoms. The van der Waals surface area contributed by atoms with Crippen molar-refractivity contribution in [3.63, 3.8) is 0 Å². The summed E-state index contributed by atoms with van der Waals surface area (Å²) in [6.45, 7) is 2.04. The van der Waals surface area contributed by atoms with E-state index in [-0.39, 0.29) is 5.91 Å². The zero-order valence-electron chi connectivity index (χ0n) is 11.9. The molecule has 0 heterocycles. The maximum absolute atomic E-state index is 12.2. The molecule has 0 radical (unpaired) electrons. The van der Waals surface area contributed by atoms with Crippen molar-refractivity contribution >= 4 is 23.1 Å². The second-order valence-corrected chi connectivity index (χ2v) is 6.16. The molecule has 1 aliphatic carbocycles. The fourth-order valence-corrected chi connectivity index (χ4v) is 3.05. The molecule has 3 N–H and O–H groups in total. The summed E-state index contributed by atoms with van der Waals surface area (Å²) in [5.74, 6) is 0.00329. The molecule has 108 valence electrons. The van der Waals surface area contributed by atoms with Gasteiger partial charge in [-0.3, -0.25) is 4.79 Å². The van der Waals surface area contributed by atoms with Crippen molar-refractivity contribution in [2.45, 2.75) is 51.0 Å². The van der Waals surface area contributed by atoms with Crippen molar-refractivity contribution in [1.82, 2.24) is 5.32 Å². The van der Waals surface area contributed by atoms with Crippen LogP contribution in [0.3, 0.4) is 0 Å². The Hall–Kier alpha value is -1.42. The summed E-state index contributed by atoms with van der Waals surface area (Å²) in [4.78, 5) is 12.7. The lowest BCUT2D eigenvalue weighted by atomic mass is 9.81. The Morgan fingerprint density at radius 3 is 2.40 bits per heavy atom. The van der Waals surface area contributed by atoms with Crippen LogP contribution < -0.4 is 11.1 Å². The van der Waals surface area contributed by atoms with Crippen LogP contribution in [0.4, 0.5) is 0 Å². The number of hydrogen-bond donors (Lipinski definition) is 2. The molecular weight excluding hydrogens is 268 g/mol. The van der Waals surface area contributed by atoms with Crippen molar-refractivity contribution in [1.29, 1.82) is 0 Å². The molecular formula is C16H22N2OS. The van der Waals surface area contributed by atoms with E-state index in [0.29, 0.717) is 11.4 Å². The smallest absolute Gasteiger partial charge is 0.225 e. The quantitative estimate of drug-likeness (QED) is 0.838. The Morgan fingerprint density at radius 2 is 1.85 bits per heavy atom. The summed E-state index contributed by atoms with van der Waals surface area (Å²) >= 11 is 5.19. The minimum Gasteiger partial charge on any atom is -0.391 e. The van der Waals surface area contributed by atoms with Gasteiger partial charge in [0.15, 0.2) is 0 Å². The van der Waals surface area contributed by atoms with Gasteiger partial charge in [0.05, 0.1) is 16.9 Å². The lowest BCUT2D eigenvalue weighted by Gasteiger charge is -2.37. The molecule has 2 rings (SSSR count). The summed E-state index contributed by atoms with van der Waals surface area (Å²) in [5, 5.41) is 3.09. The highest BCUT2D eigenvalue weighted by Crippen LogP contribution is 2.28. The number of nitrogens with one attached hydrogen (secondary N) is 1. The zero-order chi connectivity index (χ0) is 14.6. The summed E-state index contributed by atoms with van der Waals surface area (Å²) in [6.07, 6.45) is 5.44. The van der Waals surface area contributed by atoms with Gasteiger partial charge in [-0.05, 0) is 25.3 Å². The van der Waals surface area contributed by atoms with Crippen LogP contribution in [0.25, 0.3) is 0 Å². The Kier molecular flexibility index (Phi) is 4.76. The van der Waals surface area contributed by atoms with Gasteiger partial charge in [0.25, 0.3) is 0 Å². The van der Waals surface area contributed by atoms with E-state index in [2.05, 4.69) is 5.32 Å². The van der Waals surface area contributed by atoms with Crippen LogP contribution in [0.2, 0.25) is 0 Å². The first kappa shape index (κ1) is 15.0. The number of carbonyl (C=O) groups is 1. The van der Waals surface area contributed by atoms with Gasteiger partial charge >= 0.3 is 0 Å². The zero-order valence-corrected chi connectivity index (χ0v) is 12.8. The highest BCUT2D eigenvalue weighted by Gasteiger charge is 2.36. The average Bonchev–Trinajstić information content (AvgIpc) is 2.42. The van der Waals surface area contributed by atoms with Crippen molar-refractivity contribution in [3.8, 4) is 0 Å². The summed E-state index contributed by atoms with van der Waals surface area (Å²) in [5.41, 5.74) is 7.63.